The molecule has 0 amide bonds. The summed E-state index contributed by atoms with van der Waals surface area (Å²) >= 11 is 0. The normalized spacial score (nSPS) is 14.6. The molecule has 0 aromatic rings. The molecule has 0 bridgehead atoms. The number of carbonyl (C=O) groups is 4. The Morgan fingerprint density at radius 3 is 0.863 bits per heavy atom. The Morgan fingerprint density at radius 2 is 0.539 bits per heavy atom. The number of unbranched alkanes of at least 4 members (excludes halogenated alkanes) is 25. The lowest BCUT2D eigenvalue weighted by Gasteiger charge is -2.21. The molecule has 584 valence electrons. The van der Waals surface area contributed by atoms with E-state index in [0.717, 1.165) is 154 Å². The summed E-state index contributed by atoms with van der Waals surface area (Å²) in [4.78, 5) is 73.0. The van der Waals surface area contributed by atoms with Crippen LogP contribution in [0.2, 0.25) is 0 Å². The van der Waals surface area contributed by atoms with E-state index in [1.807, 2.05) is 12.2 Å². The van der Waals surface area contributed by atoms with Crippen LogP contribution in [0.4, 0.5) is 0 Å². The first-order valence-corrected chi connectivity index (χ1v) is 42.4. The molecule has 0 spiro atoms. The van der Waals surface area contributed by atoms with E-state index in [-0.39, 0.29) is 25.7 Å². The van der Waals surface area contributed by atoms with Crippen LogP contribution in [0.1, 0.15) is 310 Å². The van der Waals surface area contributed by atoms with Gasteiger partial charge in [-0.05, 0) is 128 Å². The van der Waals surface area contributed by atoms with Gasteiger partial charge in [0.2, 0.25) is 0 Å². The third-order valence-electron chi connectivity index (χ3n) is 16.1. The number of carbonyl (C=O) groups excluding carboxylic acids is 4. The molecule has 3 N–H and O–H groups in total. The van der Waals surface area contributed by atoms with Crippen LogP contribution in [-0.2, 0) is 65.4 Å². The maximum atomic E-state index is 13.1. The number of ether oxygens (including phenoxy) is 4. The van der Waals surface area contributed by atoms with Gasteiger partial charge in [-0.15, -0.1) is 0 Å². The lowest BCUT2D eigenvalue weighted by Crippen LogP contribution is -2.30. The number of allylic oxidation sites excluding steroid dienone is 22. The molecular weight excluding hydrogens is 1330 g/mol. The molecular formula is C83H140O17P2. The summed E-state index contributed by atoms with van der Waals surface area (Å²) in [5.41, 5.74) is 0. The number of phosphoric ester groups is 2. The Morgan fingerprint density at radius 1 is 0.284 bits per heavy atom. The second-order valence-electron chi connectivity index (χ2n) is 25.9. The van der Waals surface area contributed by atoms with Crippen molar-refractivity contribution in [3.8, 4) is 0 Å². The highest BCUT2D eigenvalue weighted by Crippen LogP contribution is 2.45. The van der Waals surface area contributed by atoms with Crippen molar-refractivity contribution in [3.05, 3.63) is 134 Å². The first-order chi connectivity index (χ1) is 49.7. The number of rotatable bonds is 73. The molecule has 5 atom stereocenters. The summed E-state index contributed by atoms with van der Waals surface area (Å²) in [6.45, 7) is 4.49. The summed E-state index contributed by atoms with van der Waals surface area (Å²) < 4.78 is 68.5. The molecule has 0 aliphatic carbocycles. The van der Waals surface area contributed by atoms with Gasteiger partial charge in [-0.25, -0.2) is 9.13 Å². The molecule has 0 rings (SSSR count). The number of esters is 4. The van der Waals surface area contributed by atoms with E-state index in [4.69, 9.17) is 37.0 Å². The van der Waals surface area contributed by atoms with Crippen LogP contribution in [0.15, 0.2) is 134 Å². The van der Waals surface area contributed by atoms with Crippen molar-refractivity contribution in [3.63, 3.8) is 0 Å². The Bertz CT molecular complexity index is 2460. The van der Waals surface area contributed by atoms with Gasteiger partial charge in [0.15, 0.2) is 12.2 Å². The molecule has 0 aliphatic heterocycles. The van der Waals surface area contributed by atoms with Gasteiger partial charge in [0, 0.05) is 25.7 Å². The Balaban J connectivity index is 5.43. The summed E-state index contributed by atoms with van der Waals surface area (Å²) in [6, 6.07) is 0. The molecule has 0 aliphatic rings. The van der Waals surface area contributed by atoms with Gasteiger partial charge in [0.1, 0.15) is 19.3 Å². The highest BCUT2D eigenvalue weighted by molar-refractivity contribution is 7.47. The SMILES string of the molecule is CC/C=C\C/C=C\C/C=C\C/C=C\C/C=C\CCCC(=O)OCC(COP(=O)(O)OCC(O)COP(=O)(O)OCC(COC(=O)CCCCCCCCCCCCCCCCC)OC(=O)CCCCCCC/C=C\C/C=C\CCC)OC(=O)CCCCCC/C=C\C/C=C\C/C=C\C/C=C\CC. The topological polar surface area (TPSA) is 237 Å². The van der Waals surface area contributed by atoms with Crippen molar-refractivity contribution < 1.29 is 80.2 Å². The van der Waals surface area contributed by atoms with Crippen molar-refractivity contribution in [2.75, 3.05) is 39.6 Å². The molecule has 0 radical (unpaired) electrons. The van der Waals surface area contributed by atoms with Crippen LogP contribution in [0, 0.1) is 0 Å². The minimum atomic E-state index is -5.00. The minimum Gasteiger partial charge on any atom is -0.462 e. The molecule has 17 nitrogen and oxygen atoms in total. The second kappa shape index (κ2) is 74.5. The van der Waals surface area contributed by atoms with Crippen molar-refractivity contribution in [2.45, 2.75) is 329 Å². The predicted octanol–water partition coefficient (Wildman–Crippen LogP) is 22.9. The summed E-state index contributed by atoms with van der Waals surface area (Å²) in [7, 11) is -9.98. The quantitative estimate of drug-likeness (QED) is 0.0169. The van der Waals surface area contributed by atoms with Gasteiger partial charge in [0.05, 0.1) is 26.4 Å². The van der Waals surface area contributed by atoms with E-state index < -0.39 is 97.5 Å². The molecule has 19 heteroatoms. The molecule has 0 aromatic carbocycles. The number of hydrogen-bond donors (Lipinski definition) is 3. The van der Waals surface area contributed by atoms with Crippen molar-refractivity contribution in [1.29, 1.82) is 0 Å². The van der Waals surface area contributed by atoms with Crippen LogP contribution in [-0.4, -0.2) is 96.7 Å². The van der Waals surface area contributed by atoms with Gasteiger partial charge in [0.25, 0.3) is 0 Å². The van der Waals surface area contributed by atoms with Crippen LogP contribution in [0.3, 0.4) is 0 Å². The van der Waals surface area contributed by atoms with Crippen molar-refractivity contribution in [2.24, 2.45) is 0 Å². The van der Waals surface area contributed by atoms with Gasteiger partial charge < -0.3 is 33.8 Å². The van der Waals surface area contributed by atoms with E-state index in [2.05, 4.69) is 149 Å². The average Bonchev–Trinajstić information content (AvgIpc) is 0.959. The maximum absolute atomic E-state index is 13.1. The lowest BCUT2D eigenvalue weighted by atomic mass is 10.0. The Hall–Kier alpha value is -4.80. The van der Waals surface area contributed by atoms with Crippen molar-refractivity contribution >= 4 is 39.5 Å². The molecule has 0 saturated carbocycles. The Kier molecular flexibility index (Phi) is 71.0. The van der Waals surface area contributed by atoms with Gasteiger partial charge in [-0.1, -0.05) is 290 Å². The van der Waals surface area contributed by atoms with E-state index in [9.17, 15) is 43.2 Å². The van der Waals surface area contributed by atoms with E-state index in [0.29, 0.717) is 32.1 Å². The fourth-order valence-corrected chi connectivity index (χ4v) is 11.7. The fraction of sp³-hybridized carbons (Fsp3) is 0.687. The first-order valence-electron chi connectivity index (χ1n) is 39.4. The van der Waals surface area contributed by atoms with Crippen LogP contribution in [0.25, 0.3) is 0 Å². The smallest absolute Gasteiger partial charge is 0.462 e. The first kappa shape index (κ1) is 97.2. The molecule has 5 unspecified atom stereocenters. The molecule has 102 heavy (non-hydrogen) atoms. The van der Waals surface area contributed by atoms with E-state index in [1.165, 1.54) is 70.6 Å². The number of aliphatic hydroxyl groups is 1. The monoisotopic (exact) mass is 1470 g/mol. The standard InChI is InChI=1S/C83H140O17P2/c1-5-9-13-17-21-25-29-33-36-38-41-45-48-52-56-60-64-68-81(86)94-74-79(100-83(88)70-66-62-58-54-50-46-42-39-37-34-30-26-22-18-14-10-6-2)76-98-102(91,92)96-72-77(84)71-95-101(89,90)97-75-78(99-82(87)69-65-61-57-53-49-43-32-28-24-20-16-12-8-4)73-93-80(85)67-63-59-55-51-47-44-40-35-31-27-23-19-15-11-7-3/h9-10,13-14,16,20-22,25-26,28,32-34,36-37,41-42,45-46,52,56,77-79,84H,5-8,11-12,15,17-19,23-24,27,29-31,35,38-40,43-44,47-51,53-55,57-76H2,1-4H3,(H,89,90)(H,91,92)/b13-9-,14-10-,20-16-,25-21-,26-22-,32-28-,36-33-,37-34-,45-41-,46-42-,56-52-. The highest BCUT2D eigenvalue weighted by Gasteiger charge is 2.30. The van der Waals surface area contributed by atoms with Crippen LogP contribution in [0.5, 0.6) is 0 Å². The molecule has 0 aromatic heterocycles. The van der Waals surface area contributed by atoms with E-state index in [1.54, 1.807) is 0 Å². The van der Waals surface area contributed by atoms with Crippen LogP contribution >= 0.6 is 15.6 Å². The Labute approximate surface area is 618 Å². The largest absolute Gasteiger partial charge is 0.472 e. The number of hydrogen-bond acceptors (Lipinski definition) is 15. The molecule has 0 fully saturated rings. The third kappa shape index (κ3) is 73.5. The van der Waals surface area contributed by atoms with Gasteiger partial charge in [-0.2, -0.15) is 0 Å². The van der Waals surface area contributed by atoms with Gasteiger partial charge >= 0.3 is 39.5 Å². The average molecular weight is 1470 g/mol. The molecule has 0 saturated heterocycles. The summed E-state index contributed by atoms with van der Waals surface area (Å²) in [5, 5.41) is 10.6. The summed E-state index contributed by atoms with van der Waals surface area (Å²) in [5.74, 6) is -2.28. The zero-order chi connectivity index (χ0) is 74.6. The fourth-order valence-electron chi connectivity index (χ4n) is 10.2. The minimum absolute atomic E-state index is 0.0510. The van der Waals surface area contributed by atoms with E-state index >= 15 is 0 Å². The van der Waals surface area contributed by atoms with Gasteiger partial charge in [-0.3, -0.25) is 37.3 Å². The predicted molar refractivity (Wildman–Crippen MR) is 418 cm³/mol. The zero-order valence-electron chi connectivity index (χ0n) is 63.7. The lowest BCUT2D eigenvalue weighted by molar-refractivity contribution is -0.161. The highest BCUT2D eigenvalue weighted by atomic mass is 31.2. The zero-order valence-corrected chi connectivity index (χ0v) is 65.5. The van der Waals surface area contributed by atoms with Crippen LogP contribution < -0.4 is 0 Å². The number of phosphoric acid groups is 2. The molecule has 0 heterocycles. The van der Waals surface area contributed by atoms with Crippen molar-refractivity contribution in [1.82, 2.24) is 0 Å². The number of aliphatic hydroxyl groups excluding tert-OH is 1. The summed E-state index contributed by atoms with van der Waals surface area (Å²) in [6.07, 6.45) is 83.0. The third-order valence-corrected chi connectivity index (χ3v) is 18.0. The maximum Gasteiger partial charge on any atom is 0.472 e. The second-order valence-corrected chi connectivity index (χ2v) is 28.8.